The largest absolute Gasteiger partial charge is 0.385 e. The van der Waals surface area contributed by atoms with Gasteiger partial charge in [0.2, 0.25) is 0 Å². The fraction of sp³-hybridized carbons (Fsp3) is 0.600. The van der Waals surface area contributed by atoms with Gasteiger partial charge in [-0.05, 0) is 23.8 Å². The van der Waals surface area contributed by atoms with Crippen LogP contribution < -0.4 is 0 Å². The van der Waals surface area contributed by atoms with Crippen LogP contribution in [0.15, 0.2) is 30.3 Å². The minimum Gasteiger partial charge on any atom is -0.385 e. The van der Waals surface area contributed by atoms with Crippen LogP contribution in [0.25, 0.3) is 0 Å². The van der Waals surface area contributed by atoms with E-state index in [0.717, 1.165) is 32.7 Å². The first kappa shape index (κ1) is 14.2. The summed E-state index contributed by atoms with van der Waals surface area (Å²) in [5.41, 5.74) is 1.56. The monoisotopic (exact) mass is 236 g/mol. The normalized spacial score (nSPS) is 11.7. The van der Waals surface area contributed by atoms with Crippen LogP contribution >= 0.6 is 0 Å². The highest BCUT2D eigenvalue weighted by atomic mass is 16.5. The van der Waals surface area contributed by atoms with E-state index < -0.39 is 0 Å². The fourth-order valence-electron chi connectivity index (χ4n) is 1.85. The molecule has 1 aromatic carbocycles. The van der Waals surface area contributed by atoms with Gasteiger partial charge in [0.15, 0.2) is 0 Å². The molecule has 96 valence electrons. The van der Waals surface area contributed by atoms with Crippen molar-refractivity contribution in [3.05, 3.63) is 35.9 Å². The lowest BCUT2D eigenvalue weighted by atomic mass is 9.87. The molecule has 0 bridgehead atoms. The third-order valence-corrected chi connectivity index (χ3v) is 2.66. The van der Waals surface area contributed by atoms with Crippen LogP contribution in [0.4, 0.5) is 0 Å². The minimum atomic E-state index is 0.189. The van der Waals surface area contributed by atoms with E-state index >= 15 is 0 Å². The maximum atomic E-state index is 5.69. The second kappa shape index (κ2) is 7.46. The molecule has 0 N–H and O–H groups in total. The van der Waals surface area contributed by atoms with Crippen molar-refractivity contribution in [2.45, 2.75) is 26.7 Å². The van der Waals surface area contributed by atoms with Crippen molar-refractivity contribution >= 4 is 0 Å². The summed E-state index contributed by atoms with van der Waals surface area (Å²) in [4.78, 5) is 0. The molecule has 0 aliphatic carbocycles. The van der Waals surface area contributed by atoms with Gasteiger partial charge < -0.3 is 9.47 Å². The molecule has 0 fully saturated rings. The first-order valence-corrected chi connectivity index (χ1v) is 6.25. The van der Waals surface area contributed by atoms with Gasteiger partial charge in [0.1, 0.15) is 0 Å². The molecule has 1 aromatic rings. The van der Waals surface area contributed by atoms with Gasteiger partial charge in [0.25, 0.3) is 0 Å². The van der Waals surface area contributed by atoms with Gasteiger partial charge in [-0.1, -0.05) is 44.2 Å². The highest BCUT2D eigenvalue weighted by Crippen LogP contribution is 2.22. The Morgan fingerprint density at radius 3 is 2.41 bits per heavy atom. The standard InChI is InChI=1S/C15H24O2/c1-15(2,13-17-11-7-10-16-3)12-14-8-5-4-6-9-14/h4-6,8-9H,7,10-13H2,1-3H3. The predicted molar refractivity (Wildman–Crippen MR) is 71.2 cm³/mol. The molecule has 0 spiro atoms. The summed E-state index contributed by atoms with van der Waals surface area (Å²) in [5.74, 6) is 0. The molecule has 0 aliphatic heterocycles. The third-order valence-electron chi connectivity index (χ3n) is 2.66. The average molecular weight is 236 g/mol. The Morgan fingerprint density at radius 2 is 1.76 bits per heavy atom. The van der Waals surface area contributed by atoms with Gasteiger partial charge in [0, 0.05) is 20.3 Å². The van der Waals surface area contributed by atoms with Crippen molar-refractivity contribution in [2.75, 3.05) is 26.9 Å². The van der Waals surface area contributed by atoms with Crippen LogP contribution in [-0.4, -0.2) is 26.9 Å². The molecular formula is C15H24O2. The van der Waals surface area contributed by atoms with E-state index in [0.29, 0.717) is 0 Å². The summed E-state index contributed by atoms with van der Waals surface area (Å²) in [7, 11) is 1.72. The van der Waals surface area contributed by atoms with Crippen LogP contribution in [0.3, 0.4) is 0 Å². The summed E-state index contributed by atoms with van der Waals surface area (Å²) in [6, 6.07) is 10.6. The van der Waals surface area contributed by atoms with Gasteiger partial charge in [-0.25, -0.2) is 0 Å². The van der Waals surface area contributed by atoms with Crippen molar-refractivity contribution in [1.29, 1.82) is 0 Å². The molecule has 2 nitrogen and oxygen atoms in total. The number of rotatable bonds is 8. The number of methoxy groups -OCH3 is 1. The van der Waals surface area contributed by atoms with Gasteiger partial charge in [-0.15, -0.1) is 0 Å². The molecule has 0 saturated carbocycles. The summed E-state index contributed by atoms with van der Waals surface area (Å²) in [6.45, 7) is 6.85. The van der Waals surface area contributed by atoms with E-state index in [2.05, 4.69) is 44.2 Å². The lowest BCUT2D eigenvalue weighted by molar-refractivity contribution is 0.0492. The Balaban J connectivity index is 2.26. The maximum absolute atomic E-state index is 5.69. The van der Waals surface area contributed by atoms with E-state index in [4.69, 9.17) is 9.47 Å². The lowest BCUT2D eigenvalue weighted by Gasteiger charge is -2.24. The maximum Gasteiger partial charge on any atom is 0.0520 e. The molecule has 0 heterocycles. The Bertz CT molecular complexity index is 293. The van der Waals surface area contributed by atoms with Gasteiger partial charge >= 0.3 is 0 Å². The molecule has 0 atom stereocenters. The molecule has 2 heteroatoms. The van der Waals surface area contributed by atoms with Gasteiger partial charge in [-0.2, -0.15) is 0 Å². The van der Waals surface area contributed by atoms with Crippen molar-refractivity contribution in [3.63, 3.8) is 0 Å². The quantitative estimate of drug-likeness (QED) is 0.645. The van der Waals surface area contributed by atoms with Crippen LogP contribution in [0.5, 0.6) is 0 Å². The van der Waals surface area contributed by atoms with Crippen molar-refractivity contribution in [1.82, 2.24) is 0 Å². The van der Waals surface area contributed by atoms with Crippen LogP contribution in [-0.2, 0) is 15.9 Å². The molecule has 0 saturated heterocycles. The molecule has 0 aliphatic rings. The lowest BCUT2D eigenvalue weighted by Crippen LogP contribution is -2.22. The summed E-state index contributed by atoms with van der Waals surface area (Å²) in [5, 5.41) is 0. The number of ether oxygens (including phenoxy) is 2. The Kier molecular flexibility index (Phi) is 6.23. The third kappa shape index (κ3) is 6.44. The molecule has 17 heavy (non-hydrogen) atoms. The van der Waals surface area contributed by atoms with E-state index in [1.54, 1.807) is 7.11 Å². The van der Waals surface area contributed by atoms with E-state index in [9.17, 15) is 0 Å². The van der Waals surface area contributed by atoms with Crippen LogP contribution in [0.1, 0.15) is 25.8 Å². The first-order valence-electron chi connectivity index (χ1n) is 6.25. The number of hydrogen-bond acceptors (Lipinski definition) is 2. The molecule has 1 rings (SSSR count). The highest BCUT2D eigenvalue weighted by molar-refractivity contribution is 5.16. The van der Waals surface area contributed by atoms with Crippen molar-refractivity contribution in [3.8, 4) is 0 Å². The van der Waals surface area contributed by atoms with Gasteiger partial charge in [0.05, 0.1) is 6.61 Å². The van der Waals surface area contributed by atoms with Crippen LogP contribution in [0, 0.1) is 5.41 Å². The second-order valence-corrected chi connectivity index (χ2v) is 5.23. The zero-order valence-corrected chi connectivity index (χ0v) is 11.2. The fourth-order valence-corrected chi connectivity index (χ4v) is 1.85. The van der Waals surface area contributed by atoms with E-state index in [-0.39, 0.29) is 5.41 Å². The summed E-state index contributed by atoms with van der Waals surface area (Å²) in [6.07, 6.45) is 2.02. The zero-order chi connectivity index (χ0) is 12.6. The molecular weight excluding hydrogens is 212 g/mol. The van der Waals surface area contributed by atoms with Gasteiger partial charge in [-0.3, -0.25) is 0 Å². The van der Waals surface area contributed by atoms with Crippen LogP contribution in [0.2, 0.25) is 0 Å². The average Bonchev–Trinajstić information content (AvgIpc) is 2.29. The Morgan fingerprint density at radius 1 is 1.06 bits per heavy atom. The SMILES string of the molecule is COCCCOCC(C)(C)Cc1ccccc1. The van der Waals surface area contributed by atoms with Crippen molar-refractivity contribution < 1.29 is 9.47 Å². The number of hydrogen-bond donors (Lipinski definition) is 0. The van der Waals surface area contributed by atoms with E-state index in [1.165, 1.54) is 5.56 Å². The summed E-state index contributed by atoms with van der Waals surface area (Å²) >= 11 is 0. The Hall–Kier alpha value is -0.860. The van der Waals surface area contributed by atoms with E-state index in [1.807, 2.05) is 0 Å². The molecule has 0 radical (unpaired) electrons. The Labute approximate surface area is 105 Å². The first-order chi connectivity index (χ1) is 8.14. The second-order valence-electron chi connectivity index (χ2n) is 5.23. The number of benzene rings is 1. The predicted octanol–water partition coefficient (Wildman–Crippen LogP) is 3.31. The minimum absolute atomic E-state index is 0.189. The molecule has 0 unspecified atom stereocenters. The molecule has 0 aromatic heterocycles. The summed E-state index contributed by atoms with van der Waals surface area (Å²) < 4.78 is 10.7. The highest BCUT2D eigenvalue weighted by Gasteiger charge is 2.18. The van der Waals surface area contributed by atoms with Crippen molar-refractivity contribution in [2.24, 2.45) is 5.41 Å². The topological polar surface area (TPSA) is 18.5 Å². The molecule has 0 amide bonds. The smallest absolute Gasteiger partial charge is 0.0520 e. The zero-order valence-electron chi connectivity index (χ0n) is 11.2.